The molecule has 0 saturated carbocycles. The molecule has 2 aromatic carbocycles. The van der Waals surface area contributed by atoms with E-state index in [1.807, 2.05) is 44.2 Å². The van der Waals surface area contributed by atoms with Crippen molar-refractivity contribution in [2.45, 2.75) is 26.9 Å². The maximum Gasteiger partial charge on any atom is 0.256 e. The number of phenols is 1. The third kappa shape index (κ3) is 4.74. The highest BCUT2D eigenvalue weighted by atomic mass is 32.1. The Morgan fingerprint density at radius 1 is 1.09 bits per heavy atom. The minimum Gasteiger partial charge on any atom is -0.507 e. The number of rotatable bonds is 5. The first-order valence-electron chi connectivity index (χ1n) is 7.30. The van der Waals surface area contributed by atoms with Crippen LogP contribution in [-0.2, 0) is 17.8 Å². The molecule has 0 unspecified atom stereocenters. The number of aromatic hydroxyl groups is 1. The van der Waals surface area contributed by atoms with E-state index in [0.717, 1.165) is 29.7 Å². The molecule has 0 aromatic heterocycles. The summed E-state index contributed by atoms with van der Waals surface area (Å²) in [5, 5.41) is 13.3. The second kappa shape index (κ2) is 7.80. The van der Waals surface area contributed by atoms with E-state index in [4.69, 9.17) is 17.0 Å². The number of nitrogens with one attached hydrogen (secondary N) is 1. The van der Waals surface area contributed by atoms with Crippen molar-refractivity contribution in [3.05, 3.63) is 64.7 Å². The number of ether oxygens (including phenoxy) is 1. The van der Waals surface area contributed by atoms with Crippen LogP contribution in [0.25, 0.3) is 0 Å². The Morgan fingerprint density at radius 2 is 1.73 bits per heavy atom. The van der Waals surface area contributed by atoms with Gasteiger partial charge in [0.25, 0.3) is 5.17 Å². The molecule has 4 heteroatoms. The summed E-state index contributed by atoms with van der Waals surface area (Å²) in [5.41, 5.74) is 3.96. The molecule has 0 heterocycles. The number of thiocarbonyl (C=S) groups is 1. The van der Waals surface area contributed by atoms with Gasteiger partial charge in [-0.1, -0.05) is 30.3 Å². The molecular formula is C18H21NO2S. The Balaban J connectivity index is 1.76. The van der Waals surface area contributed by atoms with Gasteiger partial charge in [-0.15, -0.1) is 0 Å². The largest absolute Gasteiger partial charge is 0.507 e. The minimum absolute atomic E-state index is 0.340. The smallest absolute Gasteiger partial charge is 0.256 e. The molecule has 0 radical (unpaired) electrons. The van der Waals surface area contributed by atoms with Crippen LogP contribution in [0.15, 0.2) is 42.5 Å². The second-order valence-electron chi connectivity index (χ2n) is 5.32. The van der Waals surface area contributed by atoms with Crippen LogP contribution in [0.5, 0.6) is 5.75 Å². The van der Waals surface area contributed by atoms with Crippen LogP contribution in [-0.4, -0.2) is 16.8 Å². The zero-order valence-corrected chi connectivity index (χ0v) is 13.7. The summed E-state index contributed by atoms with van der Waals surface area (Å²) in [6.07, 6.45) is 0.905. The van der Waals surface area contributed by atoms with E-state index in [-0.39, 0.29) is 0 Å². The molecule has 2 aromatic rings. The van der Waals surface area contributed by atoms with Gasteiger partial charge >= 0.3 is 0 Å². The molecule has 0 fully saturated rings. The van der Waals surface area contributed by atoms with Crippen molar-refractivity contribution in [3.63, 3.8) is 0 Å². The summed E-state index contributed by atoms with van der Waals surface area (Å²) >= 11 is 5.18. The van der Waals surface area contributed by atoms with E-state index in [0.29, 0.717) is 17.5 Å². The van der Waals surface area contributed by atoms with Gasteiger partial charge in [0.15, 0.2) is 0 Å². The van der Waals surface area contributed by atoms with Gasteiger partial charge in [0.1, 0.15) is 12.4 Å². The Kier molecular flexibility index (Phi) is 5.78. The van der Waals surface area contributed by atoms with Gasteiger partial charge in [0.2, 0.25) is 0 Å². The van der Waals surface area contributed by atoms with Crippen LogP contribution in [0.3, 0.4) is 0 Å². The van der Waals surface area contributed by atoms with E-state index in [1.54, 1.807) is 0 Å². The number of aryl methyl sites for hydroxylation is 2. The fourth-order valence-electron chi connectivity index (χ4n) is 2.28. The average Bonchev–Trinajstić information content (AvgIpc) is 2.51. The van der Waals surface area contributed by atoms with E-state index < -0.39 is 0 Å². The van der Waals surface area contributed by atoms with Crippen molar-refractivity contribution in [1.82, 2.24) is 5.32 Å². The second-order valence-corrected chi connectivity index (χ2v) is 5.69. The molecule has 0 spiro atoms. The van der Waals surface area contributed by atoms with Gasteiger partial charge in [-0.3, -0.25) is 0 Å². The van der Waals surface area contributed by atoms with Crippen LogP contribution >= 0.6 is 12.2 Å². The molecule has 0 aliphatic heterocycles. The van der Waals surface area contributed by atoms with E-state index >= 15 is 0 Å². The molecular weight excluding hydrogens is 294 g/mol. The van der Waals surface area contributed by atoms with Gasteiger partial charge in [0.05, 0.1) is 0 Å². The highest BCUT2D eigenvalue weighted by Crippen LogP contribution is 2.23. The summed E-state index contributed by atoms with van der Waals surface area (Å²) in [6, 6.07) is 14.1. The van der Waals surface area contributed by atoms with Crippen molar-refractivity contribution in [2.24, 2.45) is 0 Å². The standard InChI is InChI=1S/C18H21NO2S/c1-13-10-16(11-14(2)17(13)20)12-21-18(22)19-9-8-15-6-4-3-5-7-15/h3-7,10-11,20H,8-9,12H2,1-2H3,(H,19,22). The summed E-state index contributed by atoms with van der Waals surface area (Å²) < 4.78 is 5.55. The number of hydrogen-bond acceptors (Lipinski definition) is 3. The van der Waals surface area contributed by atoms with E-state index in [1.165, 1.54) is 5.56 Å². The molecule has 22 heavy (non-hydrogen) atoms. The summed E-state index contributed by atoms with van der Waals surface area (Å²) in [7, 11) is 0. The molecule has 0 saturated heterocycles. The Bertz CT molecular complexity index is 618. The third-order valence-electron chi connectivity index (χ3n) is 3.45. The third-order valence-corrected chi connectivity index (χ3v) is 3.71. The predicted molar refractivity (Wildman–Crippen MR) is 93.1 cm³/mol. The molecule has 2 rings (SSSR count). The van der Waals surface area contributed by atoms with Crippen LogP contribution in [0.4, 0.5) is 0 Å². The zero-order valence-electron chi connectivity index (χ0n) is 12.9. The van der Waals surface area contributed by atoms with Crippen molar-refractivity contribution < 1.29 is 9.84 Å². The lowest BCUT2D eigenvalue weighted by Gasteiger charge is -2.11. The zero-order chi connectivity index (χ0) is 15.9. The molecule has 116 valence electrons. The number of phenolic OH excluding ortho intramolecular Hbond substituents is 1. The maximum absolute atomic E-state index is 9.75. The number of hydrogen-bond donors (Lipinski definition) is 2. The van der Waals surface area contributed by atoms with Gasteiger partial charge < -0.3 is 15.2 Å². The monoisotopic (exact) mass is 315 g/mol. The lowest BCUT2D eigenvalue weighted by Crippen LogP contribution is -2.26. The van der Waals surface area contributed by atoms with Crippen molar-refractivity contribution in [3.8, 4) is 5.75 Å². The van der Waals surface area contributed by atoms with Crippen molar-refractivity contribution >= 4 is 17.4 Å². The quantitative estimate of drug-likeness (QED) is 0.827. The lowest BCUT2D eigenvalue weighted by molar-refractivity contribution is 0.286. The highest BCUT2D eigenvalue weighted by Gasteiger charge is 2.05. The summed E-state index contributed by atoms with van der Waals surface area (Å²) in [6.45, 7) is 4.90. The van der Waals surface area contributed by atoms with Crippen LogP contribution in [0.1, 0.15) is 22.3 Å². The number of benzene rings is 2. The van der Waals surface area contributed by atoms with Crippen molar-refractivity contribution in [2.75, 3.05) is 6.54 Å². The fourth-order valence-corrected chi connectivity index (χ4v) is 2.44. The molecule has 0 aliphatic carbocycles. The Hall–Kier alpha value is -2.07. The van der Waals surface area contributed by atoms with Crippen LogP contribution in [0, 0.1) is 13.8 Å². The maximum atomic E-state index is 9.75. The summed E-state index contributed by atoms with van der Waals surface area (Å²) in [4.78, 5) is 0. The van der Waals surface area contributed by atoms with Gasteiger partial charge in [-0.25, -0.2) is 0 Å². The molecule has 3 nitrogen and oxygen atoms in total. The normalized spacial score (nSPS) is 10.3. The molecule has 0 atom stereocenters. The van der Waals surface area contributed by atoms with Gasteiger partial charge in [-0.05, 0) is 66.9 Å². The Labute approximate surface area is 136 Å². The first-order valence-corrected chi connectivity index (χ1v) is 7.70. The highest BCUT2D eigenvalue weighted by molar-refractivity contribution is 7.80. The molecule has 2 N–H and O–H groups in total. The van der Waals surface area contributed by atoms with E-state index in [9.17, 15) is 5.11 Å². The van der Waals surface area contributed by atoms with Crippen LogP contribution in [0.2, 0.25) is 0 Å². The average molecular weight is 315 g/mol. The molecule has 0 aliphatic rings. The lowest BCUT2D eigenvalue weighted by atomic mass is 10.1. The molecule has 0 amide bonds. The predicted octanol–water partition coefficient (Wildman–Crippen LogP) is 3.64. The summed E-state index contributed by atoms with van der Waals surface area (Å²) in [5.74, 6) is 0.340. The van der Waals surface area contributed by atoms with Crippen molar-refractivity contribution in [1.29, 1.82) is 0 Å². The van der Waals surface area contributed by atoms with E-state index in [2.05, 4.69) is 17.4 Å². The minimum atomic E-state index is 0.340. The van der Waals surface area contributed by atoms with Gasteiger partial charge in [0, 0.05) is 6.54 Å². The first kappa shape index (κ1) is 16.3. The first-order chi connectivity index (χ1) is 10.6. The molecule has 0 bridgehead atoms. The topological polar surface area (TPSA) is 41.5 Å². The van der Waals surface area contributed by atoms with Crippen LogP contribution < -0.4 is 5.32 Å². The SMILES string of the molecule is Cc1cc(COC(=S)NCCc2ccccc2)cc(C)c1O. The van der Waals surface area contributed by atoms with Gasteiger partial charge in [-0.2, -0.15) is 0 Å². The fraction of sp³-hybridized carbons (Fsp3) is 0.278. The Morgan fingerprint density at radius 3 is 2.36 bits per heavy atom.